The first-order chi connectivity index (χ1) is 10.1. The molecular weight excluding hydrogens is 295 g/mol. The molecule has 0 spiro atoms. The van der Waals surface area contributed by atoms with Crippen molar-refractivity contribution >= 4 is 29.1 Å². The van der Waals surface area contributed by atoms with Crippen molar-refractivity contribution in [1.29, 1.82) is 0 Å². The number of anilines is 2. The maximum Gasteiger partial charge on any atom is 0.411 e. The summed E-state index contributed by atoms with van der Waals surface area (Å²) in [6, 6.07) is 11.7. The van der Waals surface area contributed by atoms with Crippen LogP contribution >= 0.6 is 11.6 Å². The predicted molar refractivity (Wildman–Crippen MR) is 81.2 cm³/mol. The lowest BCUT2D eigenvalue weighted by atomic mass is 10.2. The highest BCUT2D eigenvalue weighted by Gasteiger charge is 2.03. The summed E-state index contributed by atoms with van der Waals surface area (Å²) in [4.78, 5) is 11.1. The van der Waals surface area contributed by atoms with Crippen molar-refractivity contribution in [2.24, 2.45) is 0 Å². The molecule has 110 valence electrons. The van der Waals surface area contributed by atoms with E-state index in [0.29, 0.717) is 12.2 Å². The molecule has 0 aliphatic heterocycles. The molecule has 2 aromatic carbocycles. The van der Waals surface area contributed by atoms with Crippen LogP contribution in [0.4, 0.5) is 20.6 Å². The highest BCUT2D eigenvalue weighted by molar-refractivity contribution is 6.30. The third kappa shape index (κ3) is 4.36. The first kappa shape index (κ1) is 15.1. The number of rotatable bonds is 4. The van der Waals surface area contributed by atoms with Gasteiger partial charge in [0.2, 0.25) is 0 Å². The Morgan fingerprint density at radius 2 is 2.00 bits per heavy atom. The van der Waals surface area contributed by atoms with E-state index in [9.17, 15) is 9.18 Å². The summed E-state index contributed by atoms with van der Waals surface area (Å²) in [5.74, 6) is -0.440. The van der Waals surface area contributed by atoms with Crippen molar-refractivity contribution in [3.8, 4) is 0 Å². The number of hydrogen-bond donors (Lipinski definition) is 2. The van der Waals surface area contributed by atoms with Crippen molar-refractivity contribution < 1.29 is 13.9 Å². The van der Waals surface area contributed by atoms with Crippen molar-refractivity contribution in [1.82, 2.24) is 0 Å². The standard InChI is InChI=1S/C15H14ClFN2O2/c1-21-15(20)19-12-4-2-3-11(8-12)18-9-10-5-6-14(17)13(16)7-10/h2-8,18H,9H2,1H3,(H,19,20). The molecule has 0 radical (unpaired) electrons. The molecule has 0 atom stereocenters. The van der Waals surface area contributed by atoms with E-state index in [0.717, 1.165) is 11.3 Å². The van der Waals surface area contributed by atoms with Crippen LogP contribution in [-0.4, -0.2) is 13.2 Å². The number of methoxy groups -OCH3 is 1. The third-order valence-electron chi connectivity index (χ3n) is 2.78. The van der Waals surface area contributed by atoms with Gasteiger partial charge in [-0.05, 0) is 35.9 Å². The number of hydrogen-bond acceptors (Lipinski definition) is 3. The molecule has 2 N–H and O–H groups in total. The van der Waals surface area contributed by atoms with E-state index in [2.05, 4.69) is 15.4 Å². The zero-order valence-electron chi connectivity index (χ0n) is 11.3. The second-order valence-electron chi connectivity index (χ2n) is 4.30. The molecule has 0 unspecified atom stereocenters. The lowest BCUT2D eigenvalue weighted by Crippen LogP contribution is -2.11. The van der Waals surface area contributed by atoms with Gasteiger partial charge in [-0.3, -0.25) is 5.32 Å². The van der Waals surface area contributed by atoms with Crippen molar-refractivity contribution in [3.05, 3.63) is 58.9 Å². The highest BCUT2D eigenvalue weighted by atomic mass is 35.5. The van der Waals surface area contributed by atoms with Gasteiger partial charge in [0, 0.05) is 17.9 Å². The van der Waals surface area contributed by atoms with Crippen LogP contribution in [0.2, 0.25) is 5.02 Å². The van der Waals surface area contributed by atoms with Crippen molar-refractivity contribution in [3.63, 3.8) is 0 Å². The minimum Gasteiger partial charge on any atom is -0.453 e. The molecule has 0 aromatic heterocycles. The van der Waals surface area contributed by atoms with Gasteiger partial charge in [0.25, 0.3) is 0 Å². The number of carbonyl (C=O) groups is 1. The maximum atomic E-state index is 13.1. The molecular formula is C15H14ClFN2O2. The highest BCUT2D eigenvalue weighted by Crippen LogP contribution is 2.19. The topological polar surface area (TPSA) is 50.4 Å². The van der Waals surface area contributed by atoms with Crippen LogP contribution in [0.15, 0.2) is 42.5 Å². The Morgan fingerprint density at radius 3 is 2.71 bits per heavy atom. The number of ether oxygens (including phenoxy) is 1. The minimum atomic E-state index is -0.530. The van der Waals surface area contributed by atoms with E-state index >= 15 is 0 Å². The molecule has 21 heavy (non-hydrogen) atoms. The molecule has 2 aromatic rings. The van der Waals surface area contributed by atoms with Crippen LogP contribution in [0.1, 0.15) is 5.56 Å². The molecule has 0 aliphatic carbocycles. The summed E-state index contributed by atoms with van der Waals surface area (Å²) in [6.07, 6.45) is -0.530. The normalized spacial score (nSPS) is 10.0. The molecule has 0 heterocycles. The molecule has 4 nitrogen and oxygen atoms in total. The molecule has 0 saturated carbocycles. The van der Waals surface area contributed by atoms with E-state index in [1.54, 1.807) is 30.3 Å². The molecule has 2 rings (SSSR count). The summed E-state index contributed by atoms with van der Waals surface area (Å²) in [5.41, 5.74) is 2.28. The van der Waals surface area contributed by atoms with E-state index in [-0.39, 0.29) is 5.02 Å². The lowest BCUT2D eigenvalue weighted by molar-refractivity contribution is 0.187. The molecule has 0 saturated heterocycles. The van der Waals surface area contributed by atoms with Gasteiger partial charge in [-0.1, -0.05) is 23.7 Å². The van der Waals surface area contributed by atoms with Crippen LogP contribution in [-0.2, 0) is 11.3 Å². The monoisotopic (exact) mass is 308 g/mol. The zero-order valence-corrected chi connectivity index (χ0v) is 12.1. The fraction of sp³-hybridized carbons (Fsp3) is 0.133. The fourth-order valence-electron chi connectivity index (χ4n) is 1.73. The van der Waals surface area contributed by atoms with Crippen LogP contribution in [0, 0.1) is 5.82 Å². The Bertz CT molecular complexity index is 649. The first-order valence-electron chi connectivity index (χ1n) is 6.21. The molecule has 1 amide bonds. The predicted octanol–water partition coefficient (Wildman–Crippen LogP) is 4.27. The Kier molecular flexibility index (Phi) is 5.00. The number of nitrogens with one attached hydrogen (secondary N) is 2. The number of carbonyl (C=O) groups excluding carboxylic acids is 1. The average molecular weight is 309 g/mol. The van der Waals surface area contributed by atoms with Gasteiger partial charge < -0.3 is 10.1 Å². The molecule has 0 aliphatic rings. The quantitative estimate of drug-likeness (QED) is 0.887. The summed E-state index contributed by atoms with van der Waals surface area (Å²) in [5, 5.41) is 5.83. The van der Waals surface area contributed by atoms with Gasteiger partial charge >= 0.3 is 6.09 Å². The number of benzene rings is 2. The maximum absolute atomic E-state index is 13.1. The van der Waals surface area contributed by atoms with E-state index in [1.165, 1.54) is 13.2 Å². The van der Waals surface area contributed by atoms with E-state index in [4.69, 9.17) is 11.6 Å². The molecule has 6 heteroatoms. The third-order valence-corrected chi connectivity index (χ3v) is 3.06. The van der Waals surface area contributed by atoms with Gasteiger partial charge in [0.1, 0.15) is 5.82 Å². The second-order valence-corrected chi connectivity index (χ2v) is 4.71. The Morgan fingerprint density at radius 1 is 1.24 bits per heavy atom. The van der Waals surface area contributed by atoms with Gasteiger partial charge in [-0.25, -0.2) is 9.18 Å². The molecule has 0 fully saturated rings. The van der Waals surface area contributed by atoms with Crippen LogP contribution in [0.25, 0.3) is 0 Å². The van der Waals surface area contributed by atoms with Gasteiger partial charge in [0.15, 0.2) is 0 Å². The fourth-order valence-corrected chi connectivity index (χ4v) is 1.93. The SMILES string of the molecule is COC(=O)Nc1cccc(NCc2ccc(F)c(Cl)c2)c1. The average Bonchev–Trinajstić information content (AvgIpc) is 2.49. The van der Waals surface area contributed by atoms with Gasteiger partial charge in [-0.15, -0.1) is 0 Å². The minimum absolute atomic E-state index is 0.0930. The van der Waals surface area contributed by atoms with Gasteiger partial charge in [0.05, 0.1) is 12.1 Å². The molecule has 0 bridgehead atoms. The van der Waals surface area contributed by atoms with Crippen molar-refractivity contribution in [2.75, 3.05) is 17.7 Å². The van der Waals surface area contributed by atoms with E-state index in [1.807, 2.05) is 6.07 Å². The Balaban J connectivity index is 2.01. The van der Waals surface area contributed by atoms with E-state index < -0.39 is 11.9 Å². The Labute approximate surface area is 126 Å². The van der Waals surface area contributed by atoms with Crippen LogP contribution in [0.3, 0.4) is 0 Å². The lowest BCUT2D eigenvalue weighted by Gasteiger charge is -2.09. The Hall–Kier alpha value is -2.27. The smallest absolute Gasteiger partial charge is 0.411 e. The van der Waals surface area contributed by atoms with Crippen LogP contribution < -0.4 is 10.6 Å². The largest absolute Gasteiger partial charge is 0.453 e. The van der Waals surface area contributed by atoms with Gasteiger partial charge in [-0.2, -0.15) is 0 Å². The van der Waals surface area contributed by atoms with Crippen LogP contribution in [0.5, 0.6) is 0 Å². The summed E-state index contributed by atoms with van der Waals surface area (Å²) < 4.78 is 17.6. The second kappa shape index (κ2) is 6.95. The van der Waals surface area contributed by atoms with Crippen molar-refractivity contribution in [2.45, 2.75) is 6.54 Å². The number of halogens is 2. The summed E-state index contributed by atoms with van der Waals surface area (Å²) in [6.45, 7) is 0.488. The zero-order chi connectivity index (χ0) is 15.2. The number of amides is 1. The summed E-state index contributed by atoms with van der Waals surface area (Å²) in [7, 11) is 1.30. The summed E-state index contributed by atoms with van der Waals surface area (Å²) >= 11 is 5.73. The first-order valence-corrected chi connectivity index (χ1v) is 6.59.